The lowest BCUT2D eigenvalue weighted by atomic mass is 9.97. The molecule has 0 amide bonds. The van der Waals surface area contributed by atoms with E-state index in [1.807, 2.05) is 0 Å². The average molecular weight is 225 g/mol. The summed E-state index contributed by atoms with van der Waals surface area (Å²) in [4.78, 5) is 4.44. The van der Waals surface area contributed by atoms with Gasteiger partial charge in [-0.15, -0.1) is 0 Å². The van der Waals surface area contributed by atoms with Crippen molar-refractivity contribution in [1.29, 1.82) is 0 Å². The van der Waals surface area contributed by atoms with Crippen LogP contribution in [0, 0.1) is 5.92 Å². The van der Waals surface area contributed by atoms with Crippen LogP contribution in [0.1, 0.15) is 52.4 Å². The molecular formula is C13H27N3. The van der Waals surface area contributed by atoms with Crippen molar-refractivity contribution in [3.63, 3.8) is 0 Å². The summed E-state index contributed by atoms with van der Waals surface area (Å²) in [6, 6.07) is 0. The zero-order valence-corrected chi connectivity index (χ0v) is 10.9. The van der Waals surface area contributed by atoms with Crippen molar-refractivity contribution in [1.82, 2.24) is 10.6 Å². The fraction of sp³-hybridized carbons (Fsp3) is 0.923. The highest BCUT2D eigenvalue weighted by Gasteiger charge is 2.09. The quantitative estimate of drug-likeness (QED) is 0.698. The zero-order valence-electron chi connectivity index (χ0n) is 10.9. The van der Waals surface area contributed by atoms with E-state index in [0.29, 0.717) is 0 Å². The standard InChI is InChI=1S/C13H27N3/c1-3-5-8-12(7-4-2)11-16-13-14-9-6-10-15-13/h12H,3-11H2,1-2H3,(H2,14,15,16). The lowest BCUT2D eigenvalue weighted by Crippen LogP contribution is -2.42. The second kappa shape index (κ2) is 8.43. The van der Waals surface area contributed by atoms with Crippen LogP contribution in [0.4, 0.5) is 0 Å². The van der Waals surface area contributed by atoms with E-state index in [9.17, 15) is 0 Å². The summed E-state index contributed by atoms with van der Waals surface area (Å²) < 4.78 is 0. The largest absolute Gasteiger partial charge is 0.356 e. The van der Waals surface area contributed by atoms with Gasteiger partial charge in [-0.3, -0.25) is 4.99 Å². The maximum atomic E-state index is 4.44. The Balaban J connectivity index is 2.22. The van der Waals surface area contributed by atoms with E-state index in [2.05, 4.69) is 29.5 Å². The van der Waals surface area contributed by atoms with Crippen molar-refractivity contribution in [2.75, 3.05) is 19.6 Å². The number of unbranched alkanes of at least 4 members (excludes halogenated alkanes) is 1. The molecule has 1 aliphatic heterocycles. The van der Waals surface area contributed by atoms with Crippen LogP contribution in [0.3, 0.4) is 0 Å². The molecule has 0 saturated heterocycles. The highest BCUT2D eigenvalue weighted by atomic mass is 15.2. The van der Waals surface area contributed by atoms with Crippen molar-refractivity contribution in [2.24, 2.45) is 10.9 Å². The van der Waals surface area contributed by atoms with Crippen molar-refractivity contribution in [3.05, 3.63) is 0 Å². The Morgan fingerprint density at radius 1 is 1.31 bits per heavy atom. The number of guanidine groups is 1. The van der Waals surface area contributed by atoms with Crippen LogP contribution < -0.4 is 10.6 Å². The molecule has 3 nitrogen and oxygen atoms in total. The van der Waals surface area contributed by atoms with Gasteiger partial charge in [0.1, 0.15) is 0 Å². The Bertz CT molecular complexity index is 201. The minimum Gasteiger partial charge on any atom is -0.356 e. The maximum absolute atomic E-state index is 4.44. The van der Waals surface area contributed by atoms with E-state index >= 15 is 0 Å². The summed E-state index contributed by atoms with van der Waals surface area (Å²) in [6.07, 6.45) is 7.80. The fourth-order valence-corrected chi connectivity index (χ4v) is 2.14. The van der Waals surface area contributed by atoms with Gasteiger partial charge in [0.2, 0.25) is 0 Å². The van der Waals surface area contributed by atoms with Gasteiger partial charge in [0.15, 0.2) is 5.96 Å². The third-order valence-corrected chi connectivity index (χ3v) is 3.12. The van der Waals surface area contributed by atoms with E-state index < -0.39 is 0 Å². The first-order valence-electron chi connectivity index (χ1n) is 6.89. The van der Waals surface area contributed by atoms with Crippen LogP contribution in [0.2, 0.25) is 0 Å². The highest BCUT2D eigenvalue weighted by Crippen LogP contribution is 2.13. The third-order valence-electron chi connectivity index (χ3n) is 3.12. The lowest BCUT2D eigenvalue weighted by Gasteiger charge is -2.20. The van der Waals surface area contributed by atoms with Gasteiger partial charge >= 0.3 is 0 Å². The van der Waals surface area contributed by atoms with Gasteiger partial charge in [-0.2, -0.15) is 0 Å². The Labute approximate surface area is 100 Å². The molecule has 0 saturated carbocycles. The zero-order chi connectivity index (χ0) is 11.6. The molecule has 1 heterocycles. The van der Waals surface area contributed by atoms with Crippen LogP contribution in [-0.2, 0) is 0 Å². The predicted octanol–water partition coefficient (Wildman–Crippen LogP) is 2.53. The van der Waals surface area contributed by atoms with Crippen molar-refractivity contribution >= 4 is 5.96 Å². The molecule has 0 aromatic carbocycles. The van der Waals surface area contributed by atoms with Crippen LogP contribution >= 0.6 is 0 Å². The van der Waals surface area contributed by atoms with E-state index in [4.69, 9.17) is 0 Å². The molecule has 2 N–H and O–H groups in total. The Hall–Kier alpha value is -0.730. The van der Waals surface area contributed by atoms with E-state index in [-0.39, 0.29) is 0 Å². The molecule has 94 valence electrons. The maximum Gasteiger partial charge on any atom is 0.191 e. The number of hydrogen-bond acceptors (Lipinski definition) is 3. The number of nitrogens with one attached hydrogen (secondary N) is 2. The fourth-order valence-electron chi connectivity index (χ4n) is 2.14. The molecule has 1 atom stereocenters. The number of nitrogens with zero attached hydrogens (tertiary/aromatic N) is 1. The first-order valence-corrected chi connectivity index (χ1v) is 6.89. The lowest BCUT2D eigenvalue weighted by molar-refractivity contribution is 0.422. The number of hydrogen-bond donors (Lipinski definition) is 2. The van der Waals surface area contributed by atoms with Crippen LogP contribution in [-0.4, -0.2) is 25.6 Å². The first-order chi connectivity index (χ1) is 7.86. The second-order valence-electron chi connectivity index (χ2n) is 4.69. The Morgan fingerprint density at radius 2 is 2.19 bits per heavy atom. The van der Waals surface area contributed by atoms with Crippen LogP contribution in [0.25, 0.3) is 0 Å². The summed E-state index contributed by atoms with van der Waals surface area (Å²) in [5, 5.41) is 6.77. The second-order valence-corrected chi connectivity index (χ2v) is 4.69. The summed E-state index contributed by atoms with van der Waals surface area (Å²) >= 11 is 0. The van der Waals surface area contributed by atoms with Crippen LogP contribution in [0.5, 0.6) is 0 Å². The van der Waals surface area contributed by atoms with E-state index in [1.165, 1.54) is 38.5 Å². The van der Waals surface area contributed by atoms with Gasteiger partial charge < -0.3 is 10.6 Å². The number of rotatable bonds is 7. The third kappa shape index (κ3) is 5.38. The molecule has 1 unspecified atom stereocenters. The SMILES string of the molecule is CCCCC(CCC)CNC1=NCCCN1. The van der Waals surface area contributed by atoms with Crippen molar-refractivity contribution in [2.45, 2.75) is 52.4 Å². The van der Waals surface area contributed by atoms with Gasteiger partial charge in [-0.1, -0.05) is 33.1 Å². The first kappa shape index (κ1) is 13.3. The normalized spacial score (nSPS) is 17.5. The van der Waals surface area contributed by atoms with Gasteiger partial charge in [0.25, 0.3) is 0 Å². The average Bonchev–Trinajstić information content (AvgIpc) is 2.34. The van der Waals surface area contributed by atoms with E-state index in [1.54, 1.807) is 0 Å². The minimum atomic E-state index is 0.816. The summed E-state index contributed by atoms with van der Waals surface area (Å²) in [6.45, 7) is 7.67. The molecular weight excluding hydrogens is 198 g/mol. The minimum absolute atomic E-state index is 0.816. The Kier molecular flexibility index (Phi) is 7.02. The predicted molar refractivity (Wildman–Crippen MR) is 70.8 cm³/mol. The smallest absolute Gasteiger partial charge is 0.191 e. The van der Waals surface area contributed by atoms with E-state index in [0.717, 1.165) is 31.5 Å². The van der Waals surface area contributed by atoms with Crippen molar-refractivity contribution < 1.29 is 0 Å². The van der Waals surface area contributed by atoms with Gasteiger partial charge in [-0.05, 0) is 25.2 Å². The molecule has 3 heteroatoms. The Morgan fingerprint density at radius 3 is 2.81 bits per heavy atom. The van der Waals surface area contributed by atoms with Gasteiger partial charge in [-0.25, -0.2) is 0 Å². The summed E-state index contributed by atoms with van der Waals surface area (Å²) in [7, 11) is 0. The monoisotopic (exact) mass is 225 g/mol. The molecule has 1 aliphatic rings. The molecule has 0 aliphatic carbocycles. The summed E-state index contributed by atoms with van der Waals surface area (Å²) in [5.74, 6) is 1.83. The van der Waals surface area contributed by atoms with Gasteiger partial charge in [0.05, 0.1) is 0 Å². The molecule has 0 aromatic heterocycles. The molecule has 0 spiro atoms. The highest BCUT2D eigenvalue weighted by molar-refractivity contribution is 5.80. The van der Waals surface area contributed by atoms with Crippen molar-refractivity contribution in [3.8, 4) is 0 Å². The number of aliphatic imine (C=N–C) groups is 1. The molecule has 0 bridgehead atoms. The molecule has 0 radical (unpaired) electrons. The molecule has 1 rings (SSSR count). The topological polar surface area (TPSA) is 36.4 Å². The molecule has 0 aromatic rings. The summed E-state index contributed by atoms with van der Waals surface area (Å²) in [5.41, 5.74) is 0. The van der Waals surface area contributed by atoms with Gasteiger partial charge in [0, 0.05) is 19.6 Å². The molecule has 16 heavy (non-hydrogen) atoms. The molecule has 0 fully saturated rings. The van der Waals surface area contributed by atoms with Crippen LogP contribution in [0.15, 0.2) is 4.99 Å².